The van der Waals surface area contributed by atoms with Crippen molar-refractivity contribution in [3.8, 4) is 0 Å². The summed E-state index contributed by atoms with van der Waals surface area (Å²) >= 11 is 0. The number of hydrogen-bond donors (Lipinski definition) is 0. The molecule has 0 amide bonds. The molecule has 0 saturated heterocycles. The summed E-state index contributed by atoms with van der Waals surface area (Å²) in [6.45, 7) is 4.25. The van der Waals surface area contributed by atoms with Gasteiger partial charge in [-0.25, -0.2) is 0 Å². The predicted molar refractivity (Wildman–Crippen MR) is 46.5 cm³/mol. The summed E-state index contributed by atoms with van der Waals surface area (Å²) in [5.74, 6) is 0. The van der Waals surface area contributed by atoms with Crippen molar-refractivity contribution in [2.24, 2.45) is 0 Å². The van der Waals surface area contributed by atoms with Crippen LogP contribution in [-0.2, 0) is 0 Å². The Labute approximate surface area is 95.0 Å². The summed E-state index contributed by atoms with van der Waals surface area (Å²) in [7, 11) is -18.0. The van der Waals surface area contributed by atoms with Crippen LogP contribution in [0.4, 0.5) is 51.8 Å². The summed E-state index contributed by atoms with van der Waals surface area (Å²) in [6, 6.07) is 0. The van der Waals surface area contributed by atoms with Crippen molar-refractivity contribution in [3.63, 3.8) is 0 Å². The molecule has 0 aromatic heterocycles. The fourth-order valence-electron chi connectivity index (χ4n) is 0. The number of hydrogen-bond acceptors (Lipinski definition) is 0. The Hall–Kier alpha value is -0.645. The highest BCUT2D eigenvalue weighted by Gasteiger charge is 2.21. The molecule has 0 saturated carbocycles. The zero-order valence-corrected chi connectivity index (χ0v) is 8.97. The van der Waals surface area contributed by atoms with E-state index >= 15 is 0 Å². The van der Waals surface area contributed by atoms with Gasteiger partial charge >= 0.3 is 21.8 Å². The molecule has 0 nitrogen and oxygen atoms in total. The molecule has 0 fully saturated rings. The van der Waals surface area contributed by atoms with E-state index in [0.29, 0.717) is 0 Å². The first kappa shape index (κ1) is 26.0. The maximum Gasteiger partial charge on any atom is 0.673 e. The van der Waals surface area contributed by atoms with Crippen LogP contribution in [0.25, 0.3) is 0 Å². The van der Waals surface area contributed by atoms with E-state index in [1.54, 1.807) is 0 Å². The van der Waals surface area contributed by atoms with Gasteiger partial charge in [0.15, 0.2) is 0 Å². The lowest BCUT2D eigenvalue weighted by molar-refractivity contribution is 0.366. The van der Waals surface area contributed by atoms with Crippen LogP contribution in [0.5, 0.6) is 0 Å². The van der Waals surface area contributed by atoms with E-state index in [0.717, 1.165) is 0 Å². The molecule has 116 valence electrons. The van der Waals surface area contributed by atoms with Crippen LogP contribution < -0.4 is 0 Å². The quantitative estimate of drug-likeness (QED) is 0.420. The minimum absolute atomic E-state index is 1.25. The molecule has 0 spiro atoms. The van der Waals surface area contributed by atoms with Gasteiger partial charge in [0.25, 0.3) is 0 Å². The van der Waals surface area contributed by atoms with Crippen LogP contribution in [0.2, 0.25) is 0 Å². The van der Waals surface area contributed by atoms with Crippen molar-refractivity contribution in [2.75, 3.05) is 0 Å². The lowest BCUT2D eigenvalue weighted by Gasteiger charge is -1.94. The van der Waals surface area contributed by atoms with Crippen molar-refractivity contribution in [3.05, 3.63) is 0 Å². The monoisotopic (exact) mass is 305 g/mol. The van der Waals surface area contributed by atoms with Crippen molar-refractivity contribution >= 4 is 21.8 Å². The van der Waals surface area contributed by atoms with Crippen molar-refractivity contribution in [2.45, 2.75) is 20.3 Å². The third-order valence-electron chi connectivity index (χ3n) is 0. The van der Waals surface area contributed by atoms with E-state index in [4.69, 9.17) is 0 Å². The topological polar surface area (TPSA) is 0 Å². The van der Waals surface area contributed by atoms with Gasteiger partial charge in [-0.2, -0.15) is 0 Å². The van der Waals surface area contributed by atoms with E-state index < -0.39 is 21.8 Å². The third-order valence-corrected chi connectivity index (χ3v) is 0. The SMILES string of the molecule is CCC.F[B-](F)(F)F.F[B-](F)(F)F.F[B-](F)(F)F. The zero-order chi connectivity index (χ0) is 16.2. The summed E-state index contributed by atoms with van der Waals surface area (Å²) in [5.41, 5.74) is 0. The van der Waals surface area contributed by atoms with Gasteiger partial charge < -0.3 is 51.8 Å². The first-order valence-electron chi connectivity index (χ1n) is 4.03. The molecule has 0 heterocycles. The van der Waals surface area contributed by atoms with Gasteiger partial charge in [-0.05, 0) is 0 Å². The van der Waals surface area contributed by atoms with E-state index in [9.17, 15) is 51.8 Å². The molecule has 0 bridgehead atoms. The van der Waals surface area contributed by atoms with Crippen LogP contribution in [0, 0.1) is 0 Å². The van der Waals surface area contributed by atoms with Crippen LogP contribution in [-0.4, -0.2) is 21.8 Å². The van der Waals surface area contributed by atoms with Gasteiger partial charge in [0, 0.05) is 0 Å². The van der Waals surface area contributed by atoms with Crippen molar-refractivity contribution in [1.82, 2.24) is 0 Å². The second kappa shape index (κ2) is 11.4. The van der Waals surface area contributed by atoms with Gasteiger partial charge in [0.05, 0.1) is 0 Å². The summed E-state index contributed by atoms with van der Waals surface area (Å²) < 4.78 is 117. The fraction of sp³-hybridized carbons (Fsp3) is 1.00. The molecular weight excluding hydrogens is 296 g/mol. The largest absolute Gasteiger partial charge is 0.673 e. The summed E-state index contributed by atoms with van der Waals surface area (Å²) in [5, 5.41) is 0. The number of halogens is 12. The highest BCUT2D eigenvalue weighted by Crippen LogP contribution is 2.07. The molecule has 0 aliphatic rings. The van der Waals surface area contributed by atoms with Crippen molar-refractivity contribution in [1.29, 1.82) is 0 Å². The molecule has 0 unspecified atom stereocenters. The normalized spacial score (nSPS) is 11.0. The summed E-state index contributed by atoms with van der Waals surface area (Å²) in [6.07, 6.45) is 1.25. The van der Waals surface area contributed by atoms with Crippen LogP contribution >= 0.6 is 0 Å². The van der Waals surface area contributed by atoms with E-state index in [-0.39, 0.29) is 0 Å². The minimum atomic E-state index is -6.00. The van der Waals surface area contributed by atoms with E-state index in [2.05, 4.69) is 13.8 Å². The van der Waals surface area contributed by atoms with Crippen LogP contribution in [0.3, 0.4) is 0 Å². The average molecular weight is 305 g/mol. The highest BCUT2D eigenvalue weighted by molar-refractivity contribution is 6.50. The van der Waals surface area contributed by atoms with Crippen LogP contribution in [0.15, 0.2) is 0 Å². The maximum absolute atomic E-state index is 9.75. The molecule has 0 aromatic carbocycles. The van der Waals surface area contributed by atoms with Gasteiger partial charge in [-0.15, -0.1) is 0 Å². The molecule has 0 aliphatic carbocycles. The Morgan fingerprint density at radius 2 is 0.444 bits per heavy atom. The van der Waals surface area contributed by atoms with Crippen molar-refractivity contribution < 1.29 is 51.8 Å². The third kappa shape index (κ3) is 7600. The average Bonchev–Trinajstić information content (AvgIpc) is 1.71. The maximum atomic E-state index is 9.75. The molecule has 0 aliphatic heterocycles. The zero-order valence-electron chi connectivity index (χ0n) is 8.97. The molecule has 0 rings (SSSR count). The second-order valence-corrected chi connectivity index (χ2v) is 2.19. The molecule has 18 heavy (non-hydrogen) atoms. The lowest BCUT2D eigenvalue weighted by Crippen LogP contribution is -2.02. The molecule has 0 radical (unpaired) electrons. The Bertz CT molecular complexity index is 109. The summed E-state index contributed by atoms with van der Waals surface area (Å²) in [4.78, 5) is 0. The van der Waals surface area contributed by atoms with Gasteiger partial charge in [-0.1, -0.05) is 20.3 Å². The first-order chi connectivity index (χ1) is 7.41. The Morgan fingerprint density at radius 3 is 0.444 bits per heavy atom. The lowest BCUT2D eigenvalue weighted by atomic mass is 10.3. The van der Waals surface area contributed by atoms with Gasteiger partial charge in [0.2, 0.25) is 0 Å². The fourth-order valence-corrected chi connectivity index (χ4v) is 0. The Morgan fingerprint density at radius 1 is 0.444 bits per heavy atom. The minimum Gasteiger partial charge on any atom is -0.418 e. The molecule has 0 N–H and O–H groups in total. The number of rotatable bonds is 0. The molecule has 0 aromatic rings. The van der Waals surface area contributed by atoms with Crippen LogP contribution in [0.1, 0.15) is 20.3 Å². The predicted octanol–water partition coefficient (Wildman–Crippen LogP) is 5.32. The first-order valence-corrected chi connectivity index (χ1v) is 4.03. The second-order valence-electron chi connectivity index (χ2n) is 2.19. The van der Waals surface area contributed by atoms with Gasteiger partial charge in [0.1, 0.15) is 0 Å². The Balaban J connectivity index is -0.0000000739. The standard InChI is InChI=1S/C3H8.3BF4/c1-3-2;3*2-1(3,4)5/h3H2,1-2H3;;;/q;3*-1. The smallest absolute Gasteiger partial charge is 0.418 e. The Kier molecular flexibility index (Phi) is 16.5. The van der Waals surface area contributed by atoms with E-state index in [1.165, 1.54) is 6.42 Å². The highest BCUT2D eigenvalue weighted by atomic mass is 19.5. The molecular formula is C3H8B3F12-3. The molecule has 15 heteroatoms. The van der Waals surface area contributed by atoms with Gasteiger partial charge in [-0.3, -0.25) is 0 Å². The molecule has 0 atom stereocenters. The van der Waals surface area contributed by atoms with E-state index in [1.807, 2.05) is 0 Å².